The maximum Gasteiger partial charge on any atom is 0.337 e. The zero-order valence-electron chi connectivity index (χ0n) is 21.8. The zero-order chi connectivity index (χ0) is 26.4. The average Bonchev–Trinajstić information content (AvgIpc) is 3.25. The number of unbranched alkanes of at least 4 members (excludes halogenated alkanes) is 1. The molecule has 0 saturated heterocycles. The van der Waals surface area contributed by atoms with Gasteiger partial charge in [-0.25, -0.2) is 4.79 Å². The van der Waals surface area contributed by atoms with Crippen molar-refractivity contribution in [3.05, 3.63) is 102 Å². The van der Waals surface area contributed by atoms with Gasteiger partial charge in [0.1, 0.15) is 0 Å². The molecule has 1 aromatic heterocycles. The van der Waals surface area contributed by atoms with Gasteiger partial charge in [-0.1, -0.05) is 69.0 Å². The molecule has 0 bridgehead atoms. The van der Waals surface area contributed by atoms with Gasteiger partial charge in [-0.3, -0.25) is 4.79 Å². The van der Waals surface area contributed by atoms with Crippen LogP contribution in [0.25, 0.3) is 28.1 Å². The van der Waals surface area contributed by atoms with Crippen LogP contribution in [0.1, 0.15) is 64.6 Å². The number of rotatable bonds is 10. The maximum atomic E-state index is 12.6. The molecule has 4 rings (SSSR count). The minimum atomic E-state index is -0.361. The number of carbonyl (C=O) groups excluding carboxylic acids is 2. The van der Waals surface area contributed by atoms with Crippen molar-refractivity contribution < 1.29 is 14.3 Å². The predicted molar refractivity (Wildman–Crippen MR) is 151 cm³/mol. The van der Waals surface area contributed by atoms with E-state index in [1.165, 1.54) is 12.7 Å². The number of methoxy groups -OCH3 is 1. The first-order chi connectivity index (χ1) is 17.9. The normalized spacial score (nSPS) is 11.0. The number of esters is 1. The lowest BCUT2D eigenvalue weighted by atomic mass is 10.0. The van der Waals surface area contributed by atoms with Crippen LogP contribution in [-0.2, 0) is 11.3 Å². The molecule has 190 valence electrons. The summed E-state index contributed by atoms with van der Waals surface area (Å²) in [6, 6.07) is 23.7. The van der Waals surface area contributed by atoms with Gasteiger partial charge in [0.2, 0.25) is 0 Å². The number of hydrogen-bond donors (Lipinski definition) is 1. The first kappa shape index (κ1) is 26.0. The molecule has 0 fully saturated rings. The van der Waals surface area contributed by atoms with E-state index in [1.807, 2.05) is 60.7 Å². The monoisotopic (exact) mass is 494 g/mol. The van der Waals surface area contributed by atoms with Gasteiger partial charge in [-0.15, -0.1) is 0 Å². The lowest BCUT2D eigenvalue weighted by Gasteiger charge is -2.11. The Labute approximate surface area is 218 Å². The molecule has 3 aromatic carbocycles. The summed E-state index contributed by atoms with van der Waals surface area (Å²) in [4.78, 5) is 24.8. The van der Waals surface area contributed by atoms with E-state index in [4.69, 9.17) is 4.74 Å². The number of amides is 1. The molecule has 4 aromatic rings. The van der Waals surface area contributed by atoms with Crippen LogP contribution in [0.15, 0.2) is 79.4 Å². The van der Waals surface area contributed by atoms with E-state index in [-0.39, 0.29) is 11.9 Å². The quantitative estimate of drug-likeness (QED) is 0.189. The first-order valence-electron chi connectivity index (χ1n) is 12.7. The molecule has 0 atom stereocenters. The van der Waals surface area contributed by atoms with E-state index in [1.54, 1.807) is 6.07 Å². The summed E-state index contributed by atoms with van der Waals surface area (Å²) in [6.07, 6.45) is 3.56. The third-order valence-electron chi connectivity index (χ3n) is 6.72. The van der Waals surface area contributed by atoms with Gasteiger partial charge in [0.15, 0.2) is 0 Å². The molecule has 0 radical (unpaired) electrons. The van der Waals surface area contributed by atoms with Crippen LogP contribution < -0.4 is 5.32 Å². The van der Waals surface area contributed by atoms with Crippen LogP contribution in [0.5, 0.6) is 0 Å². The number of fused-ring (bicyclic) bond motifs is 1. The van der Waals surface area contributed by atoms with Gasteiger partial charge in [0, 0.05) is 40.8 Å². The minimum absolute atomic E-state index is 0.0532. The molecule has 0 aliphatic heterocycles. The van der Waals surface area contributed by atoms with E-state index in [2.05, 4.69) is 42.4 Å². The Morgan fingerprint density at radius 2 is 1.68 bits per heavy atom. The van der Waals surface area contributed by atoms with E-state index in [9.17, 15) is 9.59 Å². The molecule has 1 heterocycles. The molecule has 1 amide bonds. The fraction of sp³-hybridized carbons (Fsp3) is 0.250. The third-order valence-corrected chi connectivity index (χ3v) is 6.72. The van der Waals surface area contributed by atoms with Gasteiger partial charge < -0.3 is 14.6 Å². The Kier molecular flexibility index (Phi) is 8.24. The SMILES string of the molecule is C=Cc1c(-c2ccccc2)c2ccc(C(=O)OC)cc2n1CCCCNC(=O)c1ccc(C(C)C)cc1. The van der Waals surface area contributed by atoms with Gasteiger partial charge in [0.25, 0.3) is 5.91 Å². The lowest BCUT2D eigenvalue weighted by Crippen LogP contribution is -2.24. The van der Waals surface area contributed by atoms with Crippen LogP contribution in [0.4, 0.5) is 0 Å². The van der Waals surface area contributed by atoms with Gasteiger partial charge >= 0.3 is 5.97 Å². The first-order valence-corrected chi connectivity index (χ1v) is 12.7. The van der Waals surface area contributed by atoms with Gasteiger partial charge in [0.05, 0.1) is 12.7 Å². The Hall–Kier alpha value is -4.12. The molecule has 5 nitrogen and oxygen atoms in total. The molecular formula is C32H34N2O3. The van der Waals surface area contributed by atoms with Crippen molar-refractivity contribution in [2.45, 2.75) is 39.2 Å². The van der Waals surface area contributed by atoms with Gasteiger partial charge in [-0.2, -0.15) is 0 Å². The number of ether oxygens (including phenoxy) is 1. The van der Waals surface area contributed by atoms with Crippen LogP contribution in [0, 0.1) is 0 Å². The van der Waals surface area contributed by atoms with Crippen molar-refractivity contribution in [3.8, 4) is 11.1 Å². The van der Waals surface area contributed by atoms with Crippen LogP contribution in [0.2, 0.25) is 0 Å². The van der Waals surface area contributed by atoms with Crippen molar-refractivity contribution >= 4 is 28.9 Å². The highest BCUT2D eigenvalue weighted by molar-refractivity contribution is 6.03. The molecular weight excluding hydrogens is 460 g/mol. The Bertz CT molecular complexity index is 1400. The second-order valence-electron chi connectivity index (χ2n) is 9.45. The highest BCUT2D eigenvalue weighted by Crippen LogP contribution is 2.36. The standard InChI is InChI=1S/C32H34N2O3/c1-5-28-30(24-11-7-6-8-12-24)27-18-17-26(32(36)37-4)21-29(27)34(28)20-10-9-19-33-31(35)25-15-13-23(14-16-25)22(2)3/h5-8,11-18,21-22H,1,9-10,19-20H2,2-4H3,(H,33,35). The number of carbonyl (C=O) groups is 2. The van der Waals surface area contributed by atoms with E-state index < -0.39 is 0 Å². The van der Waals surface area contributed by atoms with E-state index in [0.29, 0.717) is 23.6 Å². The number of nitrogens with one attached hydrogen (secondary N) is 1. The molecule has 37 heavy (non-hydrogen) atoms. The van der Waals surface area contributed by atoms with E-state index >= 15 is 0 Å². The topological polar surface area (TPSA) is 60.3 Å². The summed E-state index contributed by atoms with van der Waals surface area (Å²) in [5.41, 5.74) is 6.59. The molecule has 0 aliphatic carbocycles. The summed E-state index contributed by atoms with van der Waals surface area (Å²) in [5, 5.41) is 4.09. The number of aromatic nitrogens is 1. The zero-order valence-corrected chi connectivity index (χ0v) is 21.8. The number of aryl methyl sites for hydroxylation is 1. The van der Waals surface area contributed by atoms with Crippen LogP contribution in [-0.4, -0.2) is 30.1 Å². The Morgan fingerprint density at radius 1 is 0.973 bits per heavy atom. The highest BCUT2D eigenvalue weighted by Gasteiger charge is 2.18. The molecule has 0 aliphatic rings. The average molecular weight is 495 g/mol. The predicted octanol–water partition coefficient (Wildman–Crippen LogP) is 7.07. The third kappa shape index (κ3) is 5.67. The fourth-order valence-corrected chi connectivity index (χ4v) is 4.69. The van der Waals surface area contributed by atoms with Crippen molar-refractivity contribution in [1.82, 2.24) is 9.88 Å². The summed E-state index contributed by atoms with van der Waals surface area (Å²) in [6.45, 7) is 9.69. The smallest absolute Gasteiger partial charge is 0.337 e. The molecule has 0 unspecified atom stereocenters. The lowest BCUT2D eigenvalue weighted by molar-refractivity contribution is 0.0600. The molecule has 1 N–H and O–H groups in total. The van der Waals surface area contributed by atoms with Crippen LogP contribution >= 0.6 is 0 Å². The number of benzene rings is 3. The highest BCUT2D eigenvalue weighted by atomic mass is 16.5. The largest absolute Gasteiger partial charge is 0.465 e. The summed E-state index contributed by atoms with van der Waals surface area (Å²) in [7, 11) is 1.39. The van der Waals surface area contributed by atoms with Crippen LogP contribution in [0.3, 0.4) is 0 Å². The van der Waals surface area contributed by atoms with Crippen molar-refractivity contribution in [1.29, 1.82) is 0 Å². The summed E-state index contributed by atoms with van der Waals surface area (Å²) < 4.78 is 7.17. The second-order valence-corrected chi connectivity index (χ2v) is 9.45. The van der Waals surface area contributed by atoms with E-state index in [0.717, 1.165) is 47.1 Å². The summed E-state index contributed by atoms with van der Waals surface area (Å²) in [5.74, 6) is 0.0243. The second kappa shape index (κ2) is 11.7. The minimum Gasteiger partial charge on any atom is -0.465 e. The van der Waals surface area contributed by atoms with Crippen molar-refractivity contribution in [2.24, 2.45) is 0 Å². The fourth-order valence-electron chi connectivity index (χ4n) is 4.69. The Balaban J connectivity index is 1.51. The number of nitrogens with zero attached hydrogens (tertiary/aromatic N) is 1. The van der Waals surface area contributed by atoms with Gasteiger partial charge in [-0.05, 0) is 60.2 Å². The molecule has 0 saturated carbocycles. The number of hydrogen-bond acceptors (Lipinski definition) is 3. The maximum absolute atomic E-state index is 12.6. The van der Waals surface area contributed by atoms with Crippen molar-refractivity contribution in [2.75, 3.05) is 13.7 Å². The van der Waals surface area contributed by atoms with Crippen molar-refractivity contribution in [3.63, 3.8) is 0 Å². The molecule has 5 heteroatoms. The molecule has 0 spiro atoms. The summed E-state index contributed by atoms with van der Waals surface area (Å²) >= 11 is 0. The Morgan fingerprint density at radius 3 is 2.32 bits per heavy atom.